The number of nitrogens with one attached hydrogen (secondary N) is 1. The highest BCUT2D eigenvalue weighted by Gasteiger charge is 2.05. The van der Waals surface area contributed by atoms with Gasteiger partial charge in [-0.2, -0.15) is 0 Å². The number of phenols is 1. The molecule has 0 aromatic heterocycles. The van der Waals surface area contributed by atoms with Gasteiger partial charge in [0.15, 0.2) is 0 Å². The Morgan fingerprint density at radius 1 is 1.00 bits per heavy atom. The van der Waals surface area contributed by atoms with Crippen LogP contribution in [0.15, 0.2) is 54.6 Å². The Kier molecular flexibility index (Phi) is 5.59. The lowest BCUT2D eigenvalue weighted by atomic mass is 10.1. The number of aromatic hydroxyl groups is 1. The maximum atomic E-state index is 9.98. The van der Waals surface area contributed by atoms with E-state index in [1.165, 1.54) is 0 Å². The number of hydrogen-bond acceptors (Lipinski definition) is 3. The van der Waals surface area contributed by atoms with Crippen LogP contribution in [0.4, 0.5) is 0 Å². The lowest BCUT2D eigenvalue weighted by Crippen LogP contribution is -2.22. The van der Waals surface area contributed by atoms with Gasteiger partial charge >= 0.3 is 0 Å². The summed E-state index contributed by atoms with van der Waals surface area (Å²) >= 11 is 0. The molecule has 0 bridgehead atoms. The van der Waals surface area contributed by atoms with Crippen LogP contribution in [0.25, 0.3) is 0 Å². The zero-order valence-corrected chi connectivity index (χ0v) is 11.5. The van der Waals surface area contributed by atoms with Gasteiger partial charge in [-0.3, -0.25) is 0 Å². The van der Waals surface area contributed by atoms with E-state index in [1.54, 1.807) is 12.1 Å². The minimum absolute atomic E-state index is 0.315. The number of aliphatic hydroxyl groups excluding tert-OH is 1. The predicted octanol–water partition coefficient (Wildman–Crippen LogP) is 2.65. The second-order valence-corrected chi connectivity index (χ2v) is 4.90. The van der Waals surface area contributed by atoms with Crippen molar-refractivity contribution in [1.82, 2.24) is 5.32 Å². The summed E-state index contributed by atoms with van der Waals surface area (Å²) in [6.07, 6.45) is 1.44. The average molecular weight is 271 g/mol. The highest BCUT2D eigenvalue weighted by Crippen LogP contribution is 2.12. The topological polar surface area (TPSA) is 52.5 Å². The summed E-state index contributed by atoms with van der Waals surface area (Å²) in [4.78, 5) is 0. The minimum atomic E-state index is -0.461. The maximum absolute atomic E-state index is 9.98. The van der Waals surface area contributed by atoms with E-state index in [-0.39, 0.29) is 0 Å². The molecule has 0 aliphatic heterocycles. The molecule has 0 saturated carbocycles. The molecule has 1 unspecified atom stereocenters. The molecule has 0 amide bonds. The van der Waals surface area contributed by atoms with E-state index >= 15 is 0 Å². The van der Waals surface area contributed by atoms with Crippen molar-refractivity contribution in [1.29, 1.82) is 0 Å². The Hall–Kier alpha value is -1.84. The molecule has 0 saturated heterocycles. The summed E-state index contributed by atoms with van der Waals surface area (Å²) < 4.78 is 0. The Morgan fingerprint density at radius 3 is 2.55 bits per heavy atom. The van der Waals surface area contributed by atoms with Crippen LogP contribution >= 0.6 is 0 Å². The molecule has 3 N–H and O–H groups in total. The van der Waals surface area contributed by atoms with Crippen molar-refractivity contribution in [2.75, 3.05) is 13.1 Å². The minimum Gasteiger partial charge on any atom is -0.508 e. The van der Waals surface area contributed by atoms with Crippen molar-refractivity contribution in [3.05, 3.63) is 65.7 Å². The monoisotopic (exact) mass is 271 g/mol. The molecule has 2 aromatic rings. The molecule has 20 heavy (non-hydrogen) atoms. The maximum Gasteiger partial charge on any atom is 0.115 e. The van der Waals surface area contributed by atoms with Gasteiger partial charge in [0.25, 0.3) is 0 Å². The molecule has 0 aliphatic carbocycles. The molecule has 2 rings (SSSR count). The molecule has 0 aliphatic rings. The number of rotatable bonds is 7. The van der Waals surface area contributed by atoms with Crippen LogP contribution in [0.1, 0.15) is 23.7 Å². The van der Waals surface area contributed by atoms with Gasteiger partial charge in [0.1, 0.15) is 5.75 Å². The fourth-order valence-electron chi connectivity index (χ4n) is 2.16. The van der Waals surface area contributed by atoms with Crippen molar-refractivity contribution < 1.29 is 10.2 Å². The number of benzene rings is 2. The molecule has 1 atom stereocenters. The van der Waals surface area contributed by atoms with E-state index in [9.17, 15) is 10.2 Å². The molecule has 0 fully saturated rings. The van der Waals surface area contributed by atoms with E-state index in [4.69, 9.17) is 0 Å². The second kappa shape index (κ2) is 7.68. The standard InChI is InChI=1S/C17H21NO2/c19-16-10-4-6-14(12-16)7-5-11-18-13-17(20)15-8-2-1-3-9-15/h1-4,6,8-10,12,17-20H,5,7,11,13H2. The van der Waals surface area contributed by atoms with Gasteiger partial charge in [0.05, 0.1) is 6.10 Å². The van der Waals surface area contributed by atoms with Gasteiger partial charge in [-0.15, -0.1) is 0 Å². The number of hydrogen-bond donors (Lipinski definition) is 3. The average Bonchev–Trinajstić information content (AvgIpc) is 2.48. The Balaban J connectivity index is 1.64. The van der Waals surface area contributed by atoms with Crippen molar-refractivity contribution in [2.24, 2.45) is 0 Å². The summed E-state index contributed by atoms with van der Waals surface area (Å²) in [5.41, 5.74) is 2.07. The molecule has 0 heterocycles. The summed E-state index contributed by atoms with van der Waals surface area (Å²) in [6.45, 7) is 1.41. The van der Waals surface area contributed by atoms with Crippen LogP contribution in [0.2, 0.25) is 0 Å². The first-order valence-electron chi connectivity index (χ1n) is 6.97. The smallest absolute Gasteiger partial charge is 0.115 e. The van der Waals surface area contributed by atoms with E-state index in [0.29, 0.717) is 12.3 Å². The summed E-state index contributed by atoms with van der Waals surface area (Å²) in [7, 11) is 0. The molecule has 2 aromatic carbocycles. The third-order valence-electron chi connectivity index (χ3n) is 3.25. The first-order valence-corrected chi connectivity index (χ1v) is 6.97. The van der Waals surface area contributed by atoms with Crippen LogP contribution in [-0.4, -0.2) is 23.3 Å². The van der Waals surface area contributed by atoms with Gasteiger partial charge in [0, 0.05) is 6.54 Å². The highest BCUT2D eigenvalue weighted by atomic mass is 16.3. The molecule has 0 radical (unpaired) electrons. The largest absolute Gasteiger partial charge is 0.508 e. The first-order chi connectivity index (χ1) is 9.75. The van der Waals surface area contributed by atoms with Crippen LogP contribution < -0.4 is 5.32 Å². The summed E-state index contributed by atoms with van der Waals surface area (Å²) in [5, 5.41) is 22.6. The number of phenolic OH excluding ortho intramolecular Hbond substituents is 1. The summed E-state index contributed by atoms with van der Waals surface area (Å²) in [6, 6.07) is 17.0. The molecule has 106 valence electrons. The van der Waals surface area contributed by atoms with Crippen LogP contribution in [0.5, 0.6) is 5.75 Å². The Labute approximate surface area is 119 Å². The molecule has 3 heteroatoms. The third kappa shape index (κ3) is 4.68. The van der Waals surface area contributed by atoms with Gasteiger partial charge in [-0.1, -0.05) is 42.5 Å². The molecular formula is C17H21NO2. The van der Waals surface area contributed by atoms with E-state index in [0.717, 1.165) is 30.5 Å². The SMILES string of the molecule is Oc1cccc(CCCNCC(O)c2ccccc2)c1. The highest BCUT2D eigenvalue weighted by molar-refractivity contribution is 5.27. The fraction of sp³-hybridized carbons (Fsp3) is 0.294. The van der Waals surface area contributed by atoms with Gasteiger partial charge in [-0.25, -0.2) is 0 Å². The Morgan fingerprint density at radius 2 is 1.80 bits per heavy atom. The van der Waals surface area contributed by atoms with E-state index < -0.39 is 6.10 Å². The quantitative estimate of drug-likeness (QED) is 0.679. The third-order valence-corrected chi connectivity index (χ3v) is 3.25. The second-order valence-electron chi connectivity index (χ2n) is 4.90. The predicted molar refractivity (Wildman–Crippen MR) is 80.7 cm³/mol. The van der Waals surface area contributed by atoms with E-state index in [1.807, 2.05) is 42.5 Å². The van der Waals surface area contributed by atoms with Crippen molar-refractivity contribution in [3.8, 4) is 5.75 Å². The fourth-order valence-corrected chi connectivity index (χ4v) is 2.16. The molecule has 0 spiro atoms. The van der Waals surface area contributed by atoms with Crippen molar-refractivity contribution >= 4 is 0 Å². The summed E-state index contributed by atoms with van der Waals surface area (Å²) in [5.74, 6) is 0.315. The van der Waals surface area contributed by atoms with Crippen molar-refractivity contribution in [2.45, 2.75) is 18.9 Å². The molecular weight excluding hydrogens is 250 g/mol. The lowest BCUT2D eigenvalue weighted by molar-refractivity contribution is 0.175. The lowest BCUT2D eigenvalue weighted by Gasteiger charge is -2.12. The normalized spacial score (nSPS) is 12.2. The zero-order chi connectivity index (χ0) is 14.2. The van der Waals surface area contributed by atoms with Gasteiger partial charge < -0.3 is 15.5 Å². The van der Waals surface area contributed by atoms with Crippen molar-refractivity contribution in [3.63, 3.8) is 0 Å². The van der Waals surface area contributed by atoms with Crippen LogP contribution in [0, 0.1) is 0 Å². The number of aliphatic hydroxyl groups is 1. The zero-order valence-electron chi connectivity index (χ0n) is 11.5. The van der Waals surface area contributed by atoms with Gasteiger partial charge in [-0.05, 0) is 42.6 Å². The first kappa shape index (κ1) is 14.6. The number of aryl methyl sites for hydroxylation is 1. The van der Waals surface area contributed by atoms with Crippen LogP contribution in [0.3, 0.4) is 0 Å². The van der Waals surface area contributed by atoms with E-state index in [2.05, 4.69) is 5.32 Å². The Bertz CT molecular complexity index is 513. The molecule has 3 nitrogen and oxygen atoms in total. The van der Waals surface area contributed by atoms with Crippen LogP contribution in [-0.2, 0) is 6.42 Å². The van der Waals surface area contributed by atoms with Gasteiger partial charge in [0.2, 0.25) is 0 Å².